The molecular formula is C15H15N5O. The van der Waals surface area contributed by atoms with Crippen LogP contribution in [0.3, 0.4) is 0 Å². The largest absolute Gasteiger partial charge is 0.369 e. The Hall–Kier alpha value is -2.60. The molecule has 2 heterocycles. The first-order valence-electron chi connectivity index (χ1n) is 6.67. The second-order valence-corrected chi connectivity index (χ2v) is 4.59. The van der Waals surface area contributed by atoms with Crippen molar-refractivity contribution in [3.8, 4) is 0 Å². The lowest BCUT2D eigenvalue weighted by Crippen LogP contribution is -2.08. The lowest BCUT2D eigenvalue weighted by Gasteiger charge is -2.06. The molecule has 0 saturated carbocycles. The molecule has 3 aromatic rings. The van der Waals surface area contributed by atoms with Crippen LogP contribution in [0, 0.1) is 0 Å². The molecule has 0 spiro atoms. The SMILES string of the molecule is c1ccc(Cn2nnnc2COCc2ccncc2)cc1. The van der Waals surface area contributed by atoms with Crippen LogP contribution in [-0.2, 0) is 24.5 Å². The molecule has 0 unspecified atom stereocenters. The zero-order valence-electron chi connectivity index (χ0n) is 11.5. The summed E-state index contributed by atoms with van der Waals surface area (Å²) in [6, 6.07) is 13.9. The summed E-state index contributed by atoms with van der Waals surface area (Å²) in [6.45, 7) is 1.53. The Kier molecular flexibility index (Phi) is 4.28. The van der Waals surface area contributed by atoms with E-state index >= 15 is 0 Å². The normalized spacial score (nSPS) is 10.7. The fourth-order valence-electron chi connectivity index (χ4n) is 1.94. The van der Waals surface area contributed by atoms with Gasteiger partial charge in [0.2, 0.25) is 0 Å². The number of pyridine rings is 1. The minimum absolute atomic E-state index is 0.377. The predicted octanol–water partition coefficient (Wildman–Crippen LogP) is 1.83. The fraction of sp³-hybridized carbons (Fsp3) is 0.200. The maximum Gasteiger partial charge on any atom is 0.177 e. The maximum absolute atomic E-state index is 5.65. The zero-order chi connectivity index (χ0) is 14.3. The zero-order valence-corrected chi connectivity index (χ0v) is 11.5. The molecule has 6 nitrogen and oxygen atoms in total. The van der Waals surface area contributed by atoms with Crippen molar-refractivity contribution in [2.75, 3.05) is 0 Å². The van der Waals surface area contributed by atoms with Gasteiger partial charge in [-0.2, -0.15) is 0 Å². The third kappa shape index (κ3) is 3.70. The van der Waals surface area contributed by atoms with E-state index in [1.807, 2.05) is 42.5 Å². The summed E-state index contributed by atoms with van der Waals surface area (Å²) in [5.41, 5.74) is 2.23. The van der Waals surface area contributed by atoms with Gasteiger partial charge in [-0.05, 0) is 33.7 Å². The average molecular weight is 281 g/mol. The Morgan fingerprint density at radius 3 is 2.52 bits per heavy atom. The van der Waals surface area contributed by atoms with Crippen LogP contribution in [0.5, 0.6) is 0 Å². The van der Waals surface area contributed by atoms with Gasteiger partial charge in [0.1, 0.15) is 6.61 Å². The van der Waals surface area contributed by atoms with Gasteiger partial charge in [-0.25, -0.2) is 4.68 Å². The second kappa shape index (κ2) is 6.71. The van der Waals surface area contributed by atoms with E-state index in [9.17, 15) is 0 Å². The average Bonchev–Trinajstić information content (AvgIpc) is 2.97. The summed E-state index contributed by atoms with van der Waals surface area (Å²) in [5.74, 6) is 0.716. The van der Waals surface area contributed by atoms with Crippen LogP contribution in [0.25, 0.3) is 0 Å². The minimum Gasteiger partial charge on any atom is -0.369 e. The topological polar surface area (TPSA) is 65.7 Å². The van der Waals surface area contributed by atoms with Crippen molar-refractivity contribution in [2.24, 2.45) is 0 Å². The van der Waals surface area contributed by atoms with E-state index in [2.05, 4.69) is 20.5 Å². The molecule has 0 saturated heterocycles. The third-order valence-electron chi connectivity index (χ3n) is 3.03. The van der Waals surface area contributed by atoms with Crippen LogP contribution >= 0.6 is 0 Å². The third-order valence-corrected chi connectivity index (χ3v) is 3.03. The number of benzene rings is 1. The van der Waals surface area contributed by atoms with Gasteiger partial charge in [0.25, 0.3) is 0 Å². The standard InChI is InChI=1S/C15H15N5O/c1-2-4-13(5-3-1)10-20-15(17-18-19-20)12-21-11-14-6-8-16-9-7-14/h1-9H,10-12H2. The Labute approximate surface area is 122 Å². The van der Waals surface area contributed by atoms with Gasteiger partial charge in [0, 0.05) is 12.4 Å². The van der Waals surface area contributed by atoms with Gasteiger partial charge in [-0.15, -0.1) is 5.10 Å². The molecule has 0 N–H and O–H groups in total. The molecule has 0 atom stereocenters. The molecule has 0 fully saturated rings. The Balaban J connectivity index is 1.58. The highest BCUT2D eigenvalue weighted by Gasteiger charge is 2.06. The van der Waals surface area contributed by atoms with Crippen LogP contribution in [0.2, 0.25) is 0 Å². The summed E-state index contributed by atoms with van der Waals surface area (Å²) in [7, 11) is 0. The Morgan fingerprint density at radius 2 is 1.71 bits per heavy atom. The van der Waals surface area contributed by atoms with E-state index in [0.717, 1.165) is 11.1 Å². The molecule has 106 valence electrons. The summed E-state index contributed by atoms with van der Waals surface area (Å²) in [6.07, 6.45) is 3.50. The lowest BCUT2D eigenvalue weighted by atomic mass is 10.2. The smallest absolute Gasteiger partial charge is 0.177 e. The van der Waals surface area contributed by atoms with Crippen molar-refractivity contribution >= 4 is 0 Å². The van der Waals surface area contributed by atoms with Crippen LogP contribution < -0.4 is 0 Å². The number of hydrogen-bond acceptors (Lipinski definition) is 5. The van der Waals surface area contributed by atoms with Crippen LogP contribution in [0.1, 0.15) is 17.0 Å². The Morgan fingerprint density at radius 1 is 0.905 bits per heavy atom. The van der Waals surface area contributed by atoms with Crippen LogP contribution in [0.4, 0.5) is 0 Å². The molecular weight excluding hydrogens is 266 g/mol. The summed E-state index contributed by atoms with van der Waals surface area (Å²) in [4.78, 5) is 3.97. The molecule has 1 aromatic carbocycles. The highest BCUT2D eigenvalue weighted by atomic mass is 16.5. The molecule has 0 aliphatic carbocycles. The van der Waals surface area contributed by atoms with E-state index in [-0.39, 0.29) is 0 Å². The van der Waals surface area contributed by atoms with Gasteiger partial charge >= 0.3 is 0 Å². The van der Waals surface area contributed by atoms with E-state index < -0.39 is 0 Å². The summed E-state index contributed by atoms with van der Waals surface area (Å²) < 4.78 is 7.40. The van der Waals surface area contributed by atoms with Crippen molar-refractivity contribution in [1.82, 2.24) is 25.2 Å². The van der Waals surface area contributed by atoms with Crippen molar-refractivity contribution in [3.63, 3.8) is 0 Å². The molecule has 21 heavy (non-hydrogen) atoms. The van der Waals surface area contributed by atoms with Gasteiger partial charge in [-0.3, -0.25) is 4.98 Å². The van der Waals surface area contributed by atoms with Crippen molar-refractivity contribution in [3.05, 3.63) is 71.8 Å². The van der Waals surface area contributed by atoms with Crippen molar-refractivity contribution < 1.29 is 4.74 Å². The highest BCUT2D eigenvalue weighted by Crippen LogP contribution is 2.05. The summed E-state index contributed by atoms with van der Waals surface area (Å²) in [5, 5.41) is 11.7. The first kappa shape index (κ1) is 13.4. The molecule has 3 rings (SSSR count). The summed E-state index contributed by atoms with van der Waals surface area (Å²) >= 11 is 0. The molecule has 0 amide bonds. The molecule has 0 radical (unpaired) electrons. The van der Waals surface area contributed by atoms with Crippen molar-refractivity contribution in [2.45, 2.75) is 19.8 Å². The van der Waals surface area contributed by atoms with Gasteiger partial charge in [0.15, 0.2) is 5.82 Å². The quantitative estimate of drug-likeness (QED) is 0.689. The second-order valence-electron chi connectivity index (χ2n) is 4.59. The fourth-order valence-corrected chi connectivity index (χ4v) is 1.94. The molecule has 0 bridgehead atoms. The van der Waals surface area contributed by atoms with Gasteiger partial charge in [0.05, 0.1) is 13.2 Å². The predicted molar refractivity (Wildman–Crippen MR) is 76.1 cm³/mol. The van der Waals surface area contributed by atoms with E-state index in [4.69, 9.17) is 4.74 Å². The van der Waals surface area contributed by atoms with E-state index in [0.29, 0.717) is 25.6 Å². The Bertz CT molecular complexity index is 669. The highest BCUT2D eigenvalue weighted by molar-refractivity contribution is 5.14. The minimum atomic E-state index is 0.377. The van der Waals surface area contributed by atoms with E-state index in [1.54, 1.807) is 17.1 Å². The number of aromatic nitrogens is 5. The number of rotatable bonds is 6. The molecule has 6 heteroatoms. The van der Waals surface area contributed by atoms with Gasteiger partial charge < -0.3 is 4.74 Å². The monoisotopic (exact) mass is 281 g/mol. The number of tetrazole rings is 1. The number of nitrogens with zero attached hydrogens (tertiary/aromatic N) is 5. The first-order chi connectivity index (χ1) is 10.4. The number of hydrogen-bond donors (Lipinski definition) is 0. The van der Waals surface area contributed by atoms with Crippen LogP contribution in [0.15, 0.2) is 54.9 Å². The van der Waals surface area contributed by atoms with Crippen LogP contribution in [-0.4, -0.2) is 25.2 Å². The lowest BCUT2D eigenvalue weighted by molar-refractivity contribution is 0.0987. The maximum atomic E-state index is 5.65. The van der Waals surface area contributed by atoms with Gasteiger partial charge in [-0.1, -0.05) is 30.3 Å². The molecule has 0 aliphatic rings. The van der Waals surface area contributed by atoms with Crippen molar-refractivity contribution in [1.29, 1.82) is 0 Å². The number of ether oxygens (including phenoxy) is 1. The first-order valence-corrected chi connectivity index (χ1v) is 6.67. The molecule has 0 aliphatic heterocycles. The molecule has 2 aromatic heterocycles. The van der Waals surface area contributed by atoms with E-state index in [1.165, 1.54) is 0 Å².